The van der Waals surface area contributed by atoms with Crippen molar-refractivity contribution < 1.29 is 18.9 Å². The lowest BCUT2D eigenvalue weighted by molar-refractivity contribution is 0.00502. The second-order valence-electron chi connectivity index (χ2n) is 12.1. The molecule has 0 amide bonds. The first kappa shape index (κ1) is 33.3. The van der Waals surface area contributed by atoms with Crippen LogP contribution in [0.5, 0.6) is 11.6 Å². The van der Waals surface area contributed by atoms with Gasteiger partial charge in [-0.2, -0.15) is 10.4 Å². The van der Waals surface area contributed by atoms with Gasteiger partial charge in [-0.3, -0.25) is 9.58 Å². The zero-order chi connectivity index (χ0) is 33.1. The number of nitrogens with one attached hydrogen (secondary N) is 1. The lowest BCUT2D eigenvalue weighted by Gasteiger charge is -2.38. The van der Waals surface area contributed by atoms with Crippen molar-refractivity contribution in [2.45, 2.75) is 70.7 Å². The molecule has 0 radical (unpaired) electrons. The van der Waals surface area contributed by atoms with Gasteiger partial charge in [0.15, 0.2) is 0 Å². The number of nitriles is 1. The van der Waals surface area contributed by atoms with E-state index in [4.69, 9.17) is 24.0 Å². The summed E-state index contributed by atoms with van der Waals surface area (Å²) < 4.78 is 27.0. The lowest BCUT2D eigenvalue weighted by atomic mass is 9.90. The van der Waals surface area contributed by atoms with Crippen LogP contribution in [0, 0.1) is 11.3 Å². The van der Waals surface area contributed by atoms with E-state index in [1.165, 1.54) is 6.33 Å². The number of benzene rings is 1. The number of aromatic nitrogens is 7. The van der Waals surface area contributed by atoms with Gasteiger partial charge >= 0.3 is 0 Å². The number of ether oxygens (including phenoxy) is 4. The van der Waals surface area contributed by atoms with Crippen molar-refractivity contribution in [1.82, 2.24) is 39.4 Å². The van der Waals surface area contributed by atoms with Crippen LogP contribution in [0.4, 0.5) is 11.6 Å². The van der Waals surface area contributed by atoms with Gasteiger partial charge in [0.2, 0.25) is 5.95 Å². The van der Waals surface area contributed by atoms with E-state index >= 15 is 0 Å². The molecule has 0 bridgehead atoms. The molecule has 4 aromatic rings. The van der Waals surface area contributed by atoms with Crippen LogP contribution in [0.1, 0.15) is 57.6 Å². The highest BCUT2D eigenvalue weighted by Crippen LogP contribution is 2.35. The first-order valence-corrected chi connectivity index (χ1v) is 16.8. The Morgan fingerprint density at radius 2 is 1.85 bits per heavy atom. The van der Waals surface area contributed by atoms with Crippen molar-refractivity contribution in [3.63, 3.8) is 0 Å². The Morgan fingerprint density at radius 1 is 1.06 bits per heavy atom. The first-order valence-electron chi connectivity index (χ1n) is 16.8. The van der Waals surface area contributed by atoms with E-state index in [0.717, 1.165) is 75.2 Å². The summed E-state index contributed by atoms with van der Waals surface area (Å²) in [5, 5.41) is 22.0. The fourth-order valence-corrected chi connectivity index (χ4v) is 6.26. The van der Waals surface area contributed by atoms with Crippen molar-refractivity contribution in [1.29, 1.82) is 5.26 Å². The van der Waals surface area contributed by atoms with Gasteiger partial charge in [-0.25, -0.2) is 19.6 Å². The predicted molar refractivity (Wildman–Crippen MR) is 178 cm³/mol. The topological polar surface area (TPSA) is 150 Å². The highest BCUT2D eigenvalue weighted by Gasteiger charge is 2.29. The molecule has 254 valence electrons. The average Bonchev–Trinajstić information content (AvgIpc) is 3.79. The third-order valence-corrected chi connectivity index (χ3v) is 8.75. The Hall–Kier alpha value is -4.58. The zero-order valence-electron chi connectivity index (χ0n) is 27.7. The second kappa shape index (κ2) is 16.5. The molecule has 14 heteroatoms. The van der Waals surface area contributed by atoms with Crippen molar-refractivity contribution in [2.75, 3.05) is 51.4 Å². The maximum atomic E-state index is 9.67. The van der Waals surface area contributed by atoms with Crippen LogP contribution in [0.25, 0.3) is 11.1 Å². The SMILES string of the molecule is CCOCCCOc1nn(C2CCC(N3CCOCC3)CC2)cc1Nc1ncc(-c2ccc(C#N)c(OC(C)Cn3cncn3)c2)cn1. The van der Waals surface area contributed by atoms with Crippen molar-refractivity contribution in [3.8, 4) is 28.8 Å². The van der Waals surface area contributed by atoms with Gasteiger partial charge < -0.3 is 24.3 Å². The molecule has 1 saturated carbocycles. The molecule has 1 saturated heterocycles. The van der Waals surface area contributed by atoms with Gasteiger partial charge in [0, 0.05) is 56.7 Å². The van der Waals surface area contributed by atoms with Crippen LogP contribution in [-0.2, 0) is 16.0 Å². The fourth-order valence-electron chi connectivity index (χ4n) is 6.26. The molecular weight excluding hydrogens is 612 g/mol. The van der Waals surface area contributed by atoms with Crippen LogP contribution >= 0.6 is 0 Å². The number of hydrogen-bond acceptors (Lipinski definition) is 12. The summed E-state index contributed by atoms with van der Waals surface area (Å²) in [4.78, 5) is 15.8. The summed E-state index contributed by atoms with van der Waals surface area (Å²) >= 11 is 0. The van der Waals surface area contributed by atoms with Gasteiger partial charge in [-0.15, -0.1) is 5.10 Å². The highest BCUT2D eigenvalue weighted by molar-refractivity contribution is 5.67. The molecule has 1 aliphatic heterocycles. The minimum atomic E-state index is -0.229. The molecule has 4 heterocycles. The summed E-state index contributed by atoms with van der Waals surface area (Å²) in [7, 11) is 0. The number of anilines is 2. The molecule has 1 aliphatic carbocycles. The zero-order valence-corrected chi connectivity index (χ0v) is 27.7. The maximum Gasteiger partial charge on any atom is 0.256 e. The molecule has 1 N–H and O–H groups in total. The van der Waals surface area contributed by atoms with Gasteiger partial charge in [0.05, 0.1) is 44.2 Å². The number of morpholine rings is 1. The predicted octanol–water partition coefficient (Wildman–Crippen LogP) is 4.64. The first-order chi connectivity index (χ1) is 23.6. The van der Waals surface area contributed by atoms with E-state index in [-0.39, 0.29) is 6.10 Å². The number of nitrogens with zero attached hydrogens (tertiary/aromatic N) is 9. The van der Waals surface area contributed by atoms with Crippen molar-refractivity contribution >= 4 is 11.6 Å². The highest BCUT2D eigenvalue weighted by atomic mass is 16.5. The third-order valence-electron chi connectivity index (χ3n) is 8.75. The minimum Gasteiger partial charge on any atom is -0.487 e. The van der Waals surface area contributed by atoms with Gasteiger partial charge in [-0.1, -0.05) is 6.07 Å². The molecule has 14 nitrogen and oxygen atoms in total. The molecule has 1 atom stereocenters. The molecule has 1 aromatic carbocycles. The quantitative estimate of drug-likeness (QED) is 0.178. The van der Waals surface area contributed by atoms with Crippen LogP contribution in [-0.4, -0.2) is 97.7 Å². The molecule has 3 aromatic heterocycles. The summed E-state index contributed by atoms with van der Waals surface area (Å²) in [6.45, 7) is 9.93. The Balaban J connectivity index is 1.13. The Labute approximate surface area is 281 Å². The molecule has 0 spiro atoms. The standard InChI is InChI=1S/C34H44N10O4/c1-3-45-13-4-14-47-33-31(22-44(41-33)30-9-7-29(8-10-30)42-11-15-46-16-12-42)40-34-37-19-28(20-38-34)26-5-6-27(18-35)32(17-26)48-25(2)21-43-24-36-23-39-43/h5-6,17,19-20,22-25,29-30H,3-4,7-16,21H2,1-2H3,(H,37,38,40). The Kier molecular flexibility index (Phi) is 11.5. The van der Waals surface area contributed by atoms with Crippen LogP contribution in [0.15, 0.2) is 49.4 Å². The summed E-state index contributed by atoms with van der Waals surface area (Å²) in [5.74, 6) is 1.45. The fraction of sp³-hybridized carbons (Fsp3) is 0.529. The smallest absolute Gasteiger partial charge is 0.256 e. The van der Waals surface area contributed by atoms with Crippen molar-refractivity contribution in [2.24, 2.45) is 0 Å². The monoisotopic (exact) mass is 656 g/mol. The van der Waals surface area contributed by atoms with E-state index < -0.39 is 0 Å². The van der Waals surface area contributed by atoms with Gasteiger partial charge in [0.25, 0.3) is 5.88 Å². The third kappa shape index (κ3) is 8.66. The van der Waals surface area contributed by atoms with E-state index in [0.29, 0.717) is 61.6 Å². The normalized spacial score (nSPS) is 19.0. The molecule has 2 fully saturated rings. The Morgan fingerprint density at radius 3 is 2.58 bits per heavy atom. The maximum absolute atomic E-state index is 9.67. The van der Waals surface area contributed by atoms with Crippen LogP contribution < -0.4 is 14.8 Å². The largest absolute Gasteiger partial charge is 0.487 e. The van der Waals surface area contributed by atoms with Gasteiger partial charge in [-0.05, 0) is 57.2 Å². The second-order valence-corrected chi connectivity index (χ2v) is 12.1. The van der Waals surface area contributed by atoms with Gasteiger partial charge in [0.1, 0.15) is 36.3 Å². The average molecular weight is 657 g/mol. The number of rotatable bonds is 15. The van der Waals surface area contributed by atoms with E-state index in [9.17, 15) is 5.26 Å². The van der Waals surface area contributed by atoms with Crippen LogP contribution in [0.3, 0.4) is 0 Å². The lowest BCUT2D eigenvalue weighted by Crippen LogP contribution is -2.45. The minimum absolute atomic E-state index is 0.229. The molecule has 48 heavy (non-hydrogen) atoms. The molecule has 1 unspecified atom stereocenters. The summed E-state index contributed by atoms with van der Waals surface area (Å²) in [5.41, 5.74) is 2.80. The number of hydrogen-bond donors (Lipinski definition) is 1. The molecule has 2 aliphatic rings. The molecule has 6 rings (SSSR count). The molecular formula is C34H44N10O4. The van der Waals surface area contributed by atoms with E-state index in [1.807, 2.05) is 36.9 Å². The van der Waals surface area contributed by atoms with Crippen molar-refractivity contribution in [3.05, 3.63) is 55.0 Å². The van der Waals surface area contributed by atoms with Crippen LogP contribution in [0.2, 0.25) is 0 Å². The summed E-state index contributed by atoms with van der Waals surface area (Å²) in [6, 6.07) is 8.58. The Bertz CT molecular complexity index is 1610. The van der Waals surface area contributed by atoms with E-state index in [2.05, 4.69) is 36.3 Å². The summed E-state index contributed by atoms with van der Waals surface area (Å²) in [6.07, 6.45) is 13.6. The van der Waals surface area contributed by atoms with E-state index in [1.54, 1.807) is 29.5 Å².